The molecule has 0 saturated carbocycles. The summed E-state index contributed by atoms with van der Waals surface area (Å²) >= 11 is 0. The van der Waals surface area contributed by atoms with Gasteiger partial charge in [-0.05, 0) is 62.7 Å². The van der Waals surface area contributed by atoms with Crippen LogP contribution in [-0.2, 0) is 5.41 Å². The van der Waals surface area contributed by atoms with E-state index in [1.165, 1.54) is 49.2 Å². The predicted molar refractivity (Wildman–Crippen MR) is 218 cm³/mol. The SMILES string of the molecule is CC1(C)c2cc3c(cc2-c2ccc4ccccc4c21)c1ccccc1n3-c1nc(-c2ccccc2)c2nc3c4ccccc4c4ccccc4n3c2n1. The summed E-state index contributed by atoms with van der Waals surface area (Å²) in [5.74, 6) is 0.625. The van der Waals surface area contributed by atoms with E-state index in [9.17, 15) is 0 Å². The maximum atomic E-state index is 5.51. The lowest BCUT2D eigenvalue weighted by Crippen LogP contribution is -2.15. The minimum absolute atomic E-state index is 0.206. The number of fused-ring (bicyclic) bond motifs is 16. The molecule has 0 aliphatic heterocycles. The molecule has 5 nitrogen and oxygen atoms in total. The Morgan fingerprint density at radius 1 is 0.472 bits per heavy atom. The quantitative estimate of drug-likeness (QED) is 0.171. The van der Waals surface area contributed by atoms with Crippen molar-refractivity contribution in [2.45, 2.75) is 19.3 Å². The number of hydrogen-bond donors (Lipinski definition) is 0. The van der Waals surface area contributed by atoms with E-state index in [1.807, 2.05) is 6.07 Å². The Labute approximate surface area is 304 Å². The molecular formula is C48H31N5. The van der Waals surface area contributed by atoms with E-state index in [0.29, 0.717) is 5.95 Å². The number of imidazole rings is 1. The first-order chi connectivity index (χ1) is 26.1. The van der Waals surface area contributed by atoms with Crippen LogP contribution in [0.5, 0.6) is 0 Å². The van der Waals surface area contributed by atoms with Gasteiger partial charge in [0.05, 0.1) is 16.6 Å². The first kappa shape index (κ1) is 28.8. The van der Waals surface area contributed by atoms with Crippen molar-refractivity contribution in [3.63, 3.8) is 0 Å². The Hall–Kier alpha value is -6.85. The summed E-state index contributed by atoms with van der Waals surface area (Å²) in [7, 11) is 0. The molecule has 248 valence electrons. The minimum atomic E-state index is -0.206. The van der Waals surface area contributed by atoms with Crippen molar-refractivity contribution in [2.24, 2.45) is 0 Å². The van der Waals surface area contributed by atoms with Crippen LogP contribution in [0.3, 0.4) is 0 Å². The molecule has 0 atom stereocenters. The van der Waals surface area contributed by atoms with Gasteiger partial charge in [-0.25, -0.2) is 9.97 Å². The van der Waals surface area contributed by atoms with Crippen molar-refractivity contribution in [1.29, 1.82) is 0 Å². The zero-order valence-electron chi connectivity index (χ0n) is 29.2. The lowest BCUT2D eigenvalue weighted by molar-refractivity contribution is 0.667. The molecule has 0 fully saturated rings. The van der Waals surface area contributed by atoms with Gasteiger partial charge in [0.25, 0.3) is 0 Å². The maximum Gasteiger partial charge on any atom is 0.237 e. The second kappa shape index (κ2) is 10.1. The van der Waals surface area contributed by atoms with E-state index in [0.717, 1.165) is 55.4 Å². The third-order valence-corrected chi connectivity index (χ3v) is 11.7. The molecule has 53 heavy (non-hydrogen) atoms. The van der Waals surface area contributed by atoms with Crippen molar-refractivity contribution >= 4 is 71.1 Å². The molecule has 0 unspecified atom stereocenters. The summed E-state index contributed by atoms with van der Waals surface area (Å²) in [6.07, 6.45) is 0. The molecule has 0 saturated heterocycles. The normalized spacial score (nSPS) is 13.6. The van der Waals surface area contributed by atoms with Gasteiger partial charge in [-0.3, -0.25) is 8.97 Å². The van der Waals surface area contributed by atoms with Gasteiger partial charge in [-0.1, -0.05) is 141 Å². The highest BCUT2D eigenvalue weighted by Crippen LogP contribution is 2.53. The average Bonchev–Trinajstić information content (AvgIpc) is 3.83. The molecule has 0 radical (unpaired) electrons. The molecule has 12 rings (SSSR count). The van der Waals surface area contributed by atoms with Crippen LogP contribution in [0.2, 0.25) is 0 Å². The second-order valence-electron chi connectivity index (χ2n) is 14.8. The standard InChI is InChI=1S/C48H31N5/c1-48(2)38-27-41-37(26-36(38)34-25-24-28-14-6-7-17-30(28)42(34)48)33-20-11-12-22-39(33)52(41)47-50-43(29-15-4-3-5-16-29)44-46(51-47)53-40-23-13-10-19-32(40)31-18-8-9-21-35(31)45(53)49-44/h3-27H,1-2H3. The Bertz CT molecular complexity index is 3370. The van der Waals surface area contributed by atoms with Crippen LogP contribution in [0.25, 0.3) is 99.4 Å². The van der Waals surface area contributed by atoms with Gasteiger partial charge < -0.3 is 0 Å². The number of benzene rings is 7. The van der Waals surface area contributed by atoms with Gasteiger partial charge in [0.1, 0.15) is 16.9 Å². The zero-order chi connectivity index (χ0) is 35.0. The van der Waals surface area contributed by atoms with E-state index >= 15 is 0 Å². The molecule has 0 bridgehead atoms. The number of rotatable bonds is 2. The van der Waals surface area contributed by atoms with Gasteiger partial charge in [0.15, 0.2) is 5.65 Å². The molecular weight excluding hydrogens is 647 g/mol. The summed E-state index contributed by atoms with van der Waals surface area (Å²) < 4.78 is 4.51. The summed E-state index contributed by atoms with van der Waals surface area (Å²) in [5.41, 5.74) is 12.6. The van der Waals surface area contributed by atoms with Crippen LogP contribution in [0.15, 0.2) is 152 Å². The molecule has 5 heteroatoms. The predicted octanol–water partition coefficient (Wildman–Crippen LogP) is 11.8. The monoisotopic (exact) mass is 677 g/mol. The fourth-order valence-corrected chi connectivity index (χ4v) is 9.34. The van der Waals surface area contributed by atoms with Crippen LogP contribution >= 0.6 is 0 Å². The molecule has 0 spiro atoms. The first-order valence-corrected chi connectivity index (χ1v) is 18.2. The fraction of sp³-hybridized carbons (Fsp3) is 0.0625. The largest absolute Gasteiger partial charge is 0.278 e. The molecule has 11 aromatic rings. The van der Waals surface area contributed by atoms with E-state index in [-0.39, 0.29) is 5.41 Å². The smallest absolute Gasteiger partial charge is 0.237 e. The summed E-state index contributed by atoms with van der Waals surface area (Å²) in [4.78, 5) is 16.3. The Balaban J connectivity index is 1.23. The van der Waals surface area contributed by atoms with Gasteiger partial charge in [-0.2, -0.15) is 4.98 Å². The van der Waals surface area contributed by atoms with Gasteiger partial charge in [0, 0.05) is 32.5 Å². The molecule has 1 aliphatic carbocycles. The van der Waals surface area contributed by atoms with Crippen LogP contribution in [0.4, 0.5) is 0 Å². The summed E-state index contributed by atoms with van der Waals surface area (Å²) in [5, 5.41) is 8.39. The van der Waals surface area contributed by atoms with E-state index in [2.05, 4.69) is 168 Å². The number of nitrogens with zero attached hydrogens (tertiary/aromatic N) is 5. The van der Waals surface area contributed by atoms with Crippen LogP contribution in [0.1, 0.15) is 25.0 Å². The Morgan fingerprint density at radius 2 is 1.13 bits per heavy atom. The van der Waals surface area contributed by atoms with Crippen molar-refractivity contribution < 1.29 is 0 Å². The van der Waals surface area contributed by atoms with Crippen molar-refractivity contribution in [3.05, 3.63) is 163 Å². The van der Waals surface area contributed by atoms with Crippen molar-refractivity contribution in [2.75, 3.05) is 0 Å². The van der Waals surface area contributed by atoms with Crippen LogP contribution in [0, 0.1) is 0 Å². The molecule has 0 N–H and O–H groups in total. The third kappa shape index (κ3) is 3.73. The van der Waals surface area contributed by atoms with Gasteiger partial charge in [0.2, 0.25) is 5.95 Å². The first-order valence-electron chi connectivity index (χ1n) is 18.2. The van der Waals surface area contributed by atoms with Crippen molar-refractivity contribution in [1.82, 2.24) is 23.9 Å². The third-order valence-electron chi connectivity index (χ3n) is 11.7. The minimum Gasteiger partial charge on any atom is -0.278 e. The highest BCUT2D eigenvalue weighted by molar-refractivity contribution is 6.15. The van der Waals surface area contributed by atoms with Gasteiger partial charge >= 0.3 is 0 Å². The lowest BCUT2D eigenvalue weighted by atomic mass is 9.80. The Kier molecular flexibility index (Phi) is 5.51. The number of aromatic nitrogens is 5. The zero-order valence-corrected chi connectivity index (χ0v) is 29.2. The topological polar surface area (TPSA) is 48.0 Å². The lowest BCUT2D eigenvalue weighted by Gasteiger charge is -2.23. The Morgan fingerprint density at radius 3 is 1.94 bits per heavy atom. The number of hydrogen-bond acceptors (Lipinski definition) is 3. The molecule has 1 aliphatic rings. The maximum absolute atomic E-state index is 5.51. The molecule has 7 aromatic carbocycles. The molecule has 4 aromatic heterocycles. The van der Waals surface area contributed by atoms with E-state index in [4.69, 9.17) is 15.0 Å². The fourth-order valence-electron chi connectivity index (χ4n) is 9.34. The molecule has 0 amide bonds. The van der Waals surface area contributed by atoms with Crippen LogP contribution < -0.4 is 0 Å². The van der Waals surface area contributed by atoms with Gasteiger partial charge in [-0.15, -0.1) is 0 Å². The average molecular weight is 678 g/mol. The van der Waals surface area contributed by atoms with Crippen LogP contribution in [-0.4, -0.2) is 23.9 Å². The van der Waals surface area contributed by atoms with E-state index in [1.54, 1.807) is 0 Å². The highest BCUT2D eigenvalue weighted by Gasteiger charge is 2.38. The molecule has 4 heterocycles. The van der Waals surface area contributed by atoms with Crippen molar-refractivity contribution in [3.8, 4) is 28.3 Å². The number of para-hydroxylation sites is 2. The summed E-state index contributed by atoms with van der Waals surface area (Å²) in [6.45, 7) is 4.74. The second-order valence-corrected chi connectivity index (χ2v) is 14.8. The number of pyridine rings is 1. The van der Waals surface area contributed by atoms with E-state index < -0.39 is 0 Å². The highest BCUT2D eigenvalue weighted by atomic mass is 15.2. The summed E-state index contributed by atoms with van der Waals surface area (Å²) in [6, 6.07) is 54.4.